The minimum atomic E-state index is -0.106. The van der Waals surface area contributed by atoms with Gasteiger partial charge in [0.25, 0.3) is 5.91 Å². The molecule has 1 aromatic heterocycles. The summed E-state index contributed by atoms with van der Waals surface area (Å²) in [5.74, 6) is 0.421. The fraction of sp³-hybridized carbons (Fsp3) is 0.533. The number of anilines is 1. The van der Waals surface area contributed by atoms with Gasteiger partial charge in [-0.1, -0.05) is 13.8 Å². The van der Waals surface area contributed by atoms with Crippen LogP contribution in [0.1, 0.15) is 30.8 Å². The molecule has 0 atom stereocenters. The molecule has 2 heterocycles. The second kappa shape index (κ2) is 6.56. The van der Waals surface area contributed by atoms with Crippen molar-refractivity contribution in [1.29, 1.82) is 0 Å². The minimum Gasteiger partial charge on any atom is -0.397 e. The lowest BCUT2D eigenvalue weighted by Gasteiger charge is -2.35. The van der Waals surface area contributed by atoms with E-state index in [0.29, 0.717) is 49.9 Å². The van der Waals surface area contributed by atoms with Crippen LogP contribution >= 0.6 is 0 Å². The van der Waals surface area contributed by atoms with E-state index in [1.165, 1.54) is 6.20 Å². The maximum atomic E-state index is 12.3. The van der Waals surface area contributed by atoms with E-state index in [-0.39, 0.29) is 11.8 Å². The van der Waals surface area contributed by atoms with Gasteiger partial charge in [-0.2, -0.15) is 0 Å². The van der Waals surface area contributed by atoms with E-state index >= 15 is 0 Å². The van der Waals surface area contributed by atoms with E-state index in [0.717, 1.165) is 0 Å². The third-order valence-corrected chi connectivity index (χ3v) is 3.51. The molecule has 114 valence electrons. The molecule has 6 heteroatoms. The molecule has 1 aromatic rings. The van der Waals surface area contributed by atoms with Crippen molar-refractivity contribution in [2.45, 2.75) is 20.3 Å². The van der Waals surface area contributed by atoms with Crippen molar-refractivity contribution in [2.75, 3.05) is 31.9 Å². The largest absolute Gasteiger partial charge is 0.397 e. The van der Waals surface area contributed by atoms with Gasteiger partial charge in [-0.25, -0.2) is 4.98 Å². The zero-order valence-electron chi connectivity index (χ0n) is 12.6. The smallest absolute Gasteiger partial charge is 0.272 e. The number of carbonyl (C=O) groups is 2. The van der Waals surface area contributed by atoms with Crippen LogP contribution < -0.4 is 5.73 Å². The molecule has 1 fully saturated rings. The molecule has 1 aliphatic heterocycles. The number of carbonyl (C=O) groups excluding carboxylic acids is 2. The first-order chi connectivity index (χ1) is 9.97. The summed E-state index contributed by atoms with van der Waals surface area (Å²) in [5, 5.41) is 0. The number of pyridine rings is 1. The lowest BCUT2D eigenvalue weighted by Crippen LogP contribution is -2.50. The topological polar surface area (TPSA) is 79.5 Å². The van der Waals surface area contributed by atoms with E-state index in [1.807, 2.05) is 18.7 Å². The highest BCUT2D eigenvalue weighted by molar-refractivity contribution is 5.92. The number of piperazine rings is 1. The predicted octanol–water partition coefficient (Wildman–Crippen LogP) is 0.994. The zero-order valence-corrected chi connectivity index (χ0v) is 12.6. The van der Waals surface area contributed by atoms with Crippen LogP contribution in [0.25, 0.3) is 0 Å². The number of nitrogen functional groups attached to an aromatic ring is 1. The van der Waals surface area contributed by atoms with Crippen molar-refractivity contribution in [2.24, 2.45) is 5.92 Å². The molecule has 2 N–H and O–H groups in total. The lowest BCUT2D eigenvalue weighted by atomic mass is 10.1. The van der Waals surface area contributed by atoms with Crippen LogP contribution in [0.3, 0.4) is 0 Å². The van der Waals surface area contributed by atoms with E-state index < -0.39 is 0 Å². The Bertz CT molecular complexity index is 505. The quantitative estimate of drug-likeness (QED) is 0.900. The van der Waals surface area contributed by atoms with Crippen LogP contribution in [-0.2, 0) is 4.79 Å². The minimum absolute atomic E-state index is 0.106. The molecular formula is C15H22N4O2. The molecule has 0 spiro atoms. The van der Waals surface area contributed by atoms with Crippen molar-refractivity contribution >= 4 is 17.5 Å². The lowest BCUT2D eigenvalue weighted by molar-refractivity contribution is -0.133. The highest BCUT2D eigenvalue weighted by Crippen LogP contribution is 2.11. The van der Waals surface area contributed by atoms with Crippen LogP contribution in [0.2, 0.25) is 0 Å². The summed E-state index contributed by atoms with van der Waals surface area (Å²) in [7, 11) is 0. The Morgan fingerprint density at radius 1 is 1.19 bits per heavy atom. The SMILES string of the molecule is CC(C)CC(=O)N1CCN(C(=O)c2ccc(N)cn2)CC1. The van der Waals surface area contributed by atoms with E-state index in [4.69, 9.17) is 5.73 Å². The number of nitrogens with zero attached hydrogens (tertiary/aromatic N) is 3. The van der Waals surface area contributed by atoms with E-state index in [2.05, 4.69) is 4.98 Å². The molecule has 0 aromatic carbocycles. The second-order valence-electron chi connectivity index (χ2n) is 5.75. The monoisotopic (exact) mass is 290 g/mol. The molecule has 1 saturated heterocycles. The van der Waals surface area contributed by atoms with Crippen molar-refractivity contribution in [3.63, 3.8) is 0 Å². The van der Waals surface area contributed by atoms with Gasteiger partial charge < -0.3 is 15.5 Å². The molecule has 2 rings (SSSR count). The van der Waals surface area contributed by atoms with Gasteiger partial charge in [0.1, 0.15) is 5.69 Å². The van der Waals surface area contributed by atoms with E-state index in [9.17, 15) is 9.59 Å². The standard InChI is InChI=1S/C15H22N4O2/c1-11(2)9-14(20)18-5-7-19(8-6-18)15(21)13-4-3-12(16)10-17-13/h3-4,10-11H,5-9,16H2,1-2H3. The van der Waals surface area contributed by atoms with Gasteiger partial charge in [-0.05, 0) is 18.1 Å². The summed E-state index contributed by atoms with van der Waals surface area (Å²) >= 11 is 0. The van der Waals surface area contributed by atoms with Crippen LogP contribution in [0.5, 0.6) is 0 Å². The number of hydrogen-bond donors (Lipinski definition) is 1. The van der Waals surface area contributed by atoms with Crippen molar-refractivity contribution in [3.05, 3.63) is 24.0 Å². The molecule has 0 bridgehead atoms. The van der Waals surface area contributed by atoms with Gasteiger partial charge in [0.2, 0.25) is 5.91 Å². The molecule has 2 amide bonds. The van der Waals surface area contributed by atoms with E-state index in [1.54, 1.807) is 17.0 Å². The number of rotatable bonds is 3. The maximum absolute atomic E-state index is 12.3. The Morgan fingerprint density at radius 3 is 2.33 bits per heavy atom. The Labute approximate surface area is 124 Å². The molecule has 21 heavy (non-hydrogen) atoms. The highest BCUT2D eigenvalue weighted by atomic mass is 16.2. The third-order valence-electron chi connectivity index (χ3n) is 3.51. The molecule has 0 saturated carbocycles. The predicted molar refractivity (Wildman–Crippen MR) is 80.6 cm³/mol. The molecule has 0 radical (unpaired) electrons. The first-order valence-corrected chi connectivity index (χ1v) is 7.26. The van der Waals surface area contributed by atoms with Crippen LogP contribution in [0.4, 0.5) is 5.69 Å². The molecule has 6 nitrogen and oxygen atoms in total. The molecule has 0 aliphatic carbocycles. The number of aromatic nitrogens is 1. The average molecular weight is 290 g/mol. The first-order valence-electron chi connectivity index (χ1n) is 7.26. The van der Waals surface area contributed by atoms with Crippen LogP contribution in [0, 0.1) is 5.92 Å². The van der Waals surface area contributed by atoms with Gasteiger partial charge >= 0.3 is 0 Å². The highest BCUT2D eigenvalue weighted by Gasteiger charge is 2.25. The molecule has 1 aliphatic rings. The summed E-state index contributed by atoms with van der Waals surface area (Å²) in [5.41, 5.74) is 6.50. The van der Waals surface area contributed by atoms with Gasteiger partial charge in [0, 0.05) is 32.6 Å². The third kappa shape index (κ3) is 3.93. The first kappa shape index (κ1) is 15.3. The van der Waals surface area contributed by atoms with Crippen molar-refractivity contribution in [1.82, 2.24) is 14.8 Å². The van der Waals surface area contributed by atoms with Gasteiger partial charge in [-0.3, -0.25) is 9.59 Å². The van der Waals surface area contributed by atoms with Crippen molar-refractivity contribution < 1.29 is 9.59 Å². The van der Waals surface area contributed by atoms with Crippen LogP contribution in [0.15, 0.2) is 18.3 Å². The normalized spacial score (nSPS) is 15.4. The van der Waals surface area contributed by atoms with Crippen LogP contribution in [-0.4, -0.2) is 52.8 Å². The fourth-order valence-corrected chi connectivity index (χ4v) is 2.33. The van der Waals surface area contributed by atoms with Gasteiger partial charge in [0.15, 0.2) is 0 Å². The Hall–Kier alpha value is -2.11. The zero-order chi connectivity index (χ0) is 15.4. The fourth-order valence-electron chi connectivity index (χ4n) is 2.33. The molecule has 0 unspecified atom stereocenters. The summed E-state index contributed by atoms with van der Waals surface area (Å²) in [6.45, 7) is 6.34. The van der Waals surface area contributed by atoms with Gasteiger partial charge in [-0.15, -0.1) is 0 Å². The Balaban J connectivity index is 1.90. The number of hydrogen-bond acceptors (Lipinski definition) is 4. The summed E-state index contributed by atoms with van der Waals surface area (Å²) in [6, 6.07) is 3.30. The summed E-state index contributed by atoms with van der Waals surface area (Å²) in [6.07, 6.45) is 2.04. The van der Waals surface area contributed by atoms with Crippen molar-refractivity contribution in [3.8, 4) is 0 Å². The summed E-state index contributed by atoms with van der Waals surface area (Å²) < 4.78 is 0. The second-order valence-corrected chi connectivity index (χ2v) is 5.75. The maximum Gasteiger partial charge on any atom is 0.272 e. The molecular weight excluding hydrogens is 268 g/mol. The average Bonchev–Trinajstić information content (AvgIpc) is 2.47. The number of amides is 2. The van der Waals surface area contributed by atoms with Gasteiger partial charge in [0.05, 0.1) is 11.9 Å². The Kier molecular flexibility index (Phi) is 4.77. The summed E-state index contributed by atoms with van der Waals surface area (Å²) in [4.78, 5) is 31.9. The Morgan fingerprint density at radius 2 is 1.81 bits per heavy atom. The number of nitrogens with two attached hydrogens (primary N) is 1.